The maximum Gasteiger partial charge on any atom is 0.151 e. The van der Waals surface area contributed by atoms with Gasteiger partial charge in [0.25, 0.3) is 0 Å². The average Bonchev–Trinajstić information content (AvgIpc) is 2.10. The van der Waals surface area contributed by atoms with E-state index in [2.05, 4.69) is 0 Å². The van der Waals surface area contributed by atoms with Crippen molar-refractivity contribution in [3.05, 3.63) is 35.5 Å². The molecule has 0 atom stereocenters. The first-order valence-corrected chi connectivity index (χ1v) is 5.96. The summed E-state index contributed by atoms with van der Waals surface area (Å²) in [6, 6.07) is 0. The van der Waals surface area contributed by atoms with Crippen LogP contribution in [0.1, 0.15) is 41.5 Å². The molecule has 0 heterocycles. The van der Waals surface area contributed by atoms with Crippen LogP contribution in [0.2, 0.25) is 0 Å². The number of rotatable bonds is 3. The van der Waals surface area contributed by atoms with Crippen molar-refractivity contribution in [3.8, 4) is 0 Å². The summed E-state index contributed by atoms with van der Waals surface area (Å²) in [5, 5.41) is 29.9. The van der Waals surface area contributed by atoms with E-state index < -0.39 is 0 Å². The van der Waals surface area contributed by atoms with Crippen molar-refractivity contribution < 1.29 is 70.1 Å². The molecule has 0 aliphatic heterocycles. The summed E-state index contributed by atoms with van der Waals surface area (Å²) in [6.07, 6.45) is 3.17. The molecule has 6 nitrogen and oxygen atoms in total. The van der Waals surface area contributed by atoms with Crippen molar-refractivity contribution in [2.75, 3.05) is 0 Å². The standard InChI is InChI=1S/3C5H8O2.Sm/c3*1-4(6)3-5(2)7;/h3*3,6H,1-2H3;/p-3/b3*4-3-;. The second kappa shape index (κ2) is 18.0. The number of hydrogen-bond acceptors (Lipinski definition) is 6. The van der Waals surface area contributed by atoms with Crippen LogP contribution in [0.3, 0.4) is 0 Å². The van der Waals surface area contributed by atoms with Crippen LogP contribution >= 0.6 is 0 Å². The predicted octanol–water partition coefficient (Wildman–Crippen LogP) is -0.481. The molecule has 0 amide bonds. The first-order chi connectivity index (χ1) is 9.38. The van der Waals surface area contributed by atoms with Crippen LogP contribution in [-0.2, 0) is 14.4 Å². The third kappa shape index (κ3) is 50.9. The van der Waals surface area contributed by atoms with Gasteiger partial charge >= 0.3 is 0 Å². The van der Waals surface area contributed by atoms with Crippen LogP contribution in [-0.4, -0.2) is 17.3 Å². The van der Waals surface area contributed by atoms with E-state index in [9.17, 15) is 29.7 Å². The molecule has 0 saturated carbocycles. The SMILES string of the molecule is CC(=O)/C=C(/C)[O-].CC(=O)/C=C(/C)[O-].CC(=O)/C=C(/C)[O-].[Sm]. The minimum atomic E-state index is -0.187. The van der Waals surface area contributed by atoms with Crippen LogP contribution in [0, 0.1) is 40.4 Å². The van der Waals surface area contributed by atoms with E-state index in [1.54, 1.807) is 0 Å². The predicted molar refractivity (Wildman–Crippen MR) is 73.3 cm³/mol. The van der Waals surface area contributed by atoms with E-state index in [0.29, 0.717) is 0 Å². The van der Waals surface area contributed by atoms with Crippen LogP contribution in [0.5, 0.6) is 0 Å². The molecule has 0 N–H and O–H groups in total. The van der Waals surface area contributed by atoms with Gasteiger partial charge in [0, 0.05) is 40.4 Å². The molecule has 0 fully saturated rings. The molecular weight excluding hydrogens is 427 g/mol. The Morgan fingerprint density at radius 2 is 0.682 bits per heavy atom. The Kier molecular flexibility index (Phi) is 23.8. The zero-order chi connectivity index (χ0) is 17.6. The molecule has 0 spiro atoms. The molecule has 0 rings (SSSR count). The summed E-state index contributed by atoms with van der Waals surface area (Å²) >= 11 is 0. The molecule has 0 saturated heterocycles. The van der Waals surface area contributed by atoms with Gasteiger partial charge < -0.3 is 15.3 Å². The minimum Gasteiger partial charge on any atom is -0.876 e. The van der Waals surface area contributed by atoms with Crippen LogP contribution in [0.4, 0.5) is 0 Å². The van der Waals surface area contributed by atoms with Gasteiger partial charge in [-0.25, -0.2) is 0 Å². The van der Waals surface area contributed by atoms with E-state index in [0.717, 1.165) is 18.2 Å². The Morgan fingerprint density at radius 1 is 0.545 bits per heavy atom. The Morgan fingerprint density at radius 3 is 0.682 bits per heavy atom. The largest absolute Gasteiger partial charge is 0.876 e. The van der Waals surface area contributed by atoms with Crippen LogP contribution < -0.4 is 15.3 Å². The molecule has 0 aliphatic carbocycles. The smallest absolute Gasteiger partial charge is 0.151 e. The fraction of sp³-hybridized carbons (Fsp3) is 0.400. The average molecular weight is 448 g/mol. The molecular formula is C15H21O6Sm-3. The van der Waals surface area contributed by atoms with Crippen molar-refractivity contribution in [1.82, 2.24) is 0 Å². The Labute approximate surface area is 163 Å². The molecule has 0 aromatic carbocycles. The van der Waals surface area contributed by atoms with Gasteiger partial charge in [0.2, 0.25) is 0 Å². The molecule has 0 unspecified atom stereocenters. The van der Waals surface area contributed by atoms with E-state index in [1.807, 2.05) is 0 Å². The number of carbonyl (C=O) groups is 3. The molecule has 0 radical (unpaired) electrons. The molecule has 126 valence electrons. The topological polar surface area (TPSA) is 120 Å². The van der Waals surface area contributed by atoms with Crippen molar-refractivity contribution in [1.29, 1.82) is 0 Å². The van der Waals surface area contributed by atoms with Crippen LogP contribution in [0.25, 0.3) is 0 Å². The van der Waals surface area contributed by atoms with Gasteiger partial charge in [0.05, 0.1) is 0 Å². The van der Waals surface area contributed by atoms with E-state index in [1.165, 1.54) is 41.5 Å². The van der Waals surface area contributed by atoms with Crippen molar-refractivity contribution in [3.63, 3.8) is 0 Å². The normalized spacial score (nSPS) is 10.9. The molecule has 0 aromatic rings. The Balaban J connectivity index is -0.000000108. The summed E-state index contributed by atoms with van der Waals surface area (Å²) in [4.78, 5) is 29.9. The summed E-state index contributed by atoms with van der Waals surface area (Å²) in [5.74, 6) is -1.12. The number of carbonyl (C=O) groups excluding carboxylic acids is 3. The van der Waals surface area contributed by atoms with Crippen molar-refractivity contribution in [2.45, 2.75) is 41.5 Å². The zero-order valence-corrected chi connectivity index (χ0v) is 16.2. The first-order valence-electron chi connectivity index (χ1n) is 5.96. The van der Waals surface area contributed by atoms with Gasteiger partial charge in [0.15, 0.2) is 17.3 Å². The van der Waals surface area contributed by atoms with E-state index in [4.69, 9.17) is 0 Å². The second-order valence-corrected chi connectivity index (χ2v) is 4.10. The van der Waals surface area contributed by atoms with Crippen molar-refractivity contribution in [2.24, 2.45) is 0 Å². The summed E-state index contributed by atoms with van der Waals surface area (Å²) < 4.78 is 0. The summed E-state index contributed by atoms with van der Waals surface area (Å²) in [5.41, 5.74) is 0. The quantitative estimate of drug-likeness (QED) is 0.425. The zero-order valence-electron chi connectivity index (χ0n) is 13.6. The summed E-state index contributed by atoms with van der Waals surface area (Å²) in [7, 11) is 0. The fourth-order valence-electron chi connectivity index (χ4n) is 0.859. The minimum absolute atomic E-state index is 0. The first kappa shape index (κ1) is 29.0. The number of hydrogen-bond donors (Lipinski definition) is 0. The van der Waals surface area contributed by atoms with E-state index >= 15 is 0 Å². The van der Waals surface area contributed by atoms with Gasteiger partial charge in [-0.15, -0.1) is 17.3 Å². The fourth-order valence-corrected chi connectivity index (χ4v) is 0.859. The van der Waals surface area contributed by atoms with Gasteiger partial charge in [-0.3, -0.25) is 14.4 Å². The van der Waals surface area contributed by atoms with Gasteiger partial charge in [-0.05, 0) is 39.0 Å². The maximum absolute atomic E-state index is 9.98. The third-order valence-corrected chi connectivity index (χ3v) is 1.22. The van der Waals surface area contributed by atoms with Crippen molar-refractivity contribution >= 4 is 17.3 Å². The summed E-state index contributed by atoms with van der Waals surface area (Å²) in [6.45, 7) is 8.09. The molecule has 7 heteroatoms. The number of ketones is 3. The van der Waals surface area contributed by atoms with Gasteiger partial charge in [0.1, 0.15) is 0 Å². The molecule has 0 aromatic heterocycles. The van der Waals surface area contributed by atoms with Gasteiger partial charge in [-0.1, -0.05) is 20.8 Å². The maximum atomic E-state index is 9.98. The van der Waals surface area contributed by atoms with E-state index in [-0.39, 0.29) is 75.0 Å². The Bertz CT molecular complexity index is 368. The Hall–Kier alpha value is -1.03. The third-order valence-electron chi connectivity index (χ3n) is 1.22. The van der Waals surface area contributed by atoms with Gasteiger partial charge in [-0.2, -0.15) is 0 Å². The molecule has 0 aliphatic rings. The van der Waals surface area contributed by atoms with Crippen LogP contribution in [0.15, 0.2) is 35.5 Å². The second-order valence-electron chi connectivity index (χ2n) is 4.10. The molecule has 0 bridgehead atoms. The monoisotopic (exact) mass is 449 g/mol. The number of allylic oxidation sites excluding steroid dienone is 6. The molecule has 22 heavy (non-hydrogen) atoms.